The van der Waals surface area contributed by atoms with E-state index in [1.165, 1.54) is 12.0 Å². The van der Waals surface area contributed by atoms with Crippen molar-refractivity contribution in [3.63, 3.8) is 0 Å². The maximum Gasteiger partial charge on any atom is 0.237 e. The molecule has 0 bridgehead atoms. The van der Waals surface area contributed by atoms with Crippen LogP contribution in [0.25, 0.3) is 0 Å². The minimum absolute atomic E-state index is 0.0692. The van der Waals surface area contributed by atoms with Gasteiger partial charge in [0.05, 0.1) is 5.41 Å². The molecule has 1 fully saturated rings. The van der Waals surface area contributed by atoms with E-state index in [0.29, 0.717) is 12.4 Å². The van der Waals surface area contributed by atoms with Crippen molar-refractivity contribution in [2.75, 3.05) is 7.11 Å². The first-order valence-corrected chi connectivity index (χ1v) is 6.23. The summed E-state index contributed by atoms with van der Waals surface area (Å²) < 4.78 is 10.5. The number of aromatic nitrogens is 2. The van der Waals surface area contributed by atoms with E-state index in [9.17, 15) is 0 Å². The highest BCUT2D eigenvalue weighted by atomic mass is 16.5. The maximum atomic E-state index is 5.44. The Hall–Kier alpha value is -1.68. The Labute approximate surface area is 106 Å². The van der Waals surface area contributed by atoms with E-state index < -0.39 is 0 Å². The van der Waals surface area contributed by atoms with Crippen molar-refractivity contribution in [3.05, 3.63) is 47.6 Å². The van der Waals surface area contributed by atoms with E-state index >= 15 is 0 Å². The topological polar surface area (TPSA) is 48.2 Å². The lowest BCUT2D eigenvalue weighted by atomic mass is 9.64. The van der Waals surface area contributed by atoms with Crippen molar-refractivity contribution < 1.29 is 9.26 Å². The quantitative estimate of drug-likeness (QED) is 0.829. The van der Waals surface area contributed by atoms with Crippen LogP contribution < -0.4 is 0 Å². The number of hydrogen-bond acceptors (Lipinski definition) is 4. The monoisotopic (exact) mass is 244 g/mol. The number of hydrogen-bond donors (Lipinski definition) is 0. The van der Waals surface area contributed by atoms with Crippen molar-refractivity contribution in [1.82, 2.24) is 10.1 Å². The SMILES string of the molecule is COCc1noc(C2(c3ccccc3)CCC2)n1. The Morgan fingerprint density at radius 2 is 2.06 bits per heavy atom. The van der Waals surface area contributed by atoms with Gasteiger partial charge in [-0.15, -0.1) is 0 Å². The molecule has 0 radical (unpaired) electrons. The van der Waals surface area contributed by atoms with E-state index in [-0.39, 0.29) is 5.41 Å². The van der Waals surface area contributed by atoms with Crippen LogP contribution in [0.4, 0.5) is 0 Å². The molecule has 1 aromatic heterocycles. The molecule has 1 heterocycles. The molecule has 0 saturated heterocycles. The average Bonchev–Trinajstić information content (AvgIpc) is 2.79. The molecule has 4 nitrogen and oxygen atoms in total. The summed E-state index contributed by atoms with van der Waals surface area (Å²) in [6, 6.07) is 10.4. The summed E-state index contributed by atoms with van der Waals surface area (Å²) in [6.07, 6.45) is 3.36. The molecule has 0 amide bonds. The summed E-state index contributed by atoms with van der Waals surface area (Å²) in [6.45, 7) is 0.397. The first kappa shape index (κ1) is 11.4. The Kier molecular flexibility index (Phi) is 2.88. The van der Waals surface area contributed by atoms with E-state index in [0.717, 1.165) is 18.7 Å². The van der Waals surface area contributed by atoms with Gasteiger partial charge in [-0.25, -0.2) is 0 Å². The van der Waals surface area contributed by atoms with Crippen LogP contribution in [0.1, 0.15) is 36.5 Å². The molecule has 0 N–H and O–H groups in total. The molecular weight excluding hydrogens is 228 g/mol. The molecule has 2 aromatic rings. The molecular formula is C14H16N2O2. The number of methoxy groups -OCH3 is 1. The van der Waals surface area contributed by atoms with Crippen LogP contribution in [0.5, 0.6) is 0 Å². The van der Waals surface area contributed by atoms with Crippen LogP contribution in [0, 0.1) is 0 Å². The van der Waals surface area contributed by atoms with Crippen LogP contribution in [-0.2, 0) is 16.8 Å². The van der Waals surface area contributed by atoms with Gasteiger partial charge >= 0.3 is 0 Å². The fraction of sp³-hybridized carbons (Fsp3) is 0.429. The molecule has 0 aliphatic heterocycles. The van der Waals surface area contributed by atoms with Gasteiger partial charge in [-0.2, -0.15) is 4.98 Å². The molecule has 94 valence electrons. The lowest BCUT2D eigenvalue weighted by Crippen LogP contribution is -2.35. The average molecular weight is 244 g/mol. The van der Waals surface area contributed by atoms with Crippen LogP contribution >= 0.6 is 0 Å². The van der Waals surface area contributed by atoms with Crippen molar-refractivity contribution in [2.45, 2.75) is 31.3 Å². The van der Waals surface area contributed by atoms with E-state index in [1.54, 1.807) is 7.11 Å². The van der Waals surface area contributed by atoms with Gasteiger partial charge in [-0.3, -0.25) is 0 Å². The van der Waals surface area contributed by atoms with Crippen LogP contribution in [0.15, 0.2) is 34.9 Å². The van der Waals surface area contributed by atoms with Crippen LogP contribution in [0.2, 0.25) is 0 Å². The first-order valence-electron chi connectivity index (χ1n) is 6.23. The molecule has 18 heavy (non-hydrogen) atoms. The summed E-state index contributed by atoms with van der Waals surface area (Å²) in [5.74, 6) is 1.35. The molecule has 1 aliphatic rings. The highest BCUT2D eigenvalue weighted by molar-refractivity contribution is 5.34. The molecule has 1 saturated carbocycles. The minimum atomic E-state index is -0.0692. The summed E-state index contributed by atoms with van der Waals surface area (Å²) in [5.41, 5.74) is 1.20. The summed E-state index contributed by atoms with van der Waals surface area (Å²) in [4.78, 5) is 4.47. The van der Waals surface area contributed by atoms with Crippen molar-refractivity contribution in [3.8, 4) is 0 Å². The van der Waals surface area contributed by atoms with Gasteiger partial charge in [0.15, 0.2) is 5.82 Å². The Bertz CT molecular complexity index is 518. The van der Waals surface area contributed by atoms with Crippen molar-refractivity contribution in [1.29, 1.82) is 0 Å². The van der Waals surface area contributed by atoms with Gasteiger partial charge in [-0.1, -0.05) is 41.9 Å². The number of nitrogens with zero attached hydrogens (tertiary/aromatic N) is 2. The fourth-order valence-electron chi connectivity index (χ4n) is 2.55. The Morgan fingerprint density at radius 1 is 1.28 bits per heavy atom. The number of benzene rings is 1. The van der Waals surface area contributed by atoms with Crippen molar-refractivity contribution in [2.24, 2.45) is 0 Å². The normalized spacial score (nSPS) is 17.4. The molecule has 0 spiro atoms. The van der Waals surface area contributed by atoms with Crippen LogP contribution in [-0.4, -0.2) is 17.3 Å². The number of rotatable bonds is 4. The third-order valence-electron chi connectivity index (χ3n) is 3.68. The first-order chi connectivity index (χ1) is 8.85. The molecule has 3 rings (SSSR count). The highest BCUT2D eigenvalue weighted by Gasteiger charge is 2.45. The maximum absolute atomic E-state index is 5.44. The predicted octanol–water partition coefficient (Wildman–Crippen LogP) is 2.69. The minimum Gasteiger partial charge on any atom is -0.377 e. The highest BCUT2D eigenvalue weighted by Crippen LogP contribution is 2.48. The second kappa shape index (κ2) is 4.53. The Morgan fingerprint density at radius 3 is 2.67 bits per heavy atom. The van der Waals surface area contributed by atoms with Gasteiger partial charge in [0.1, 0.15) is 6.61 Å². The summed E-state index contributed by atoms with van der Waals surface area (Å²) in [5, 5.41) is 3.97. The third-order valence-corrected chi connectivity index (χ3v) is 3.68. The summed E-state index contributed by atoms with van der Waals surface area (Å²) in [7, 11) is 1.63. The van der Waals surface area contributed by atoms with E-state index in [2.05, 4.69) is 34.4 Å². The van der Waals surface area contributed by atoms with Gasteiger partial charge in [0.2, 0.25) is 5.89 Å². The van der Waals surface area contributed by atoms with E-state index in [1.807, 2.05) is 6.07 Å². The fourth-order valence-corrected chi connectivity index (χ4v) is 2.55. The van der Waals surface area contributed by atoms with Gasteiger partial charge < -0.3 is 9.26 Å². The summed E-state index contributed by atoms with van der Waals surface area (Å²) >= 11 is 0. The molecule has 0 unspecified atom stereocenters. The zero-order valence-corrected chi connectivity index (χ0v) is 10.4. The third kappa shape index (κ3) is 1.73. The predicted molar refractivity (Wildman–Crippen MR) is 66.1 cm³/mol. The molecule has 4 heteroatoms. The van der Waals surface area contributed by atoms with E-state index in [4.69, 9.17) is 9.26 Å². The van der Waals surface area contributed by atoms with Gasteiger partial charge in [-0.05, 0) is 18.4 Å². The molecule has 1 aromatic carbocycles. The molecule has 0 atom stereocenters. The van der Waals surface area contributed by atoms with Gasteiger partial charge in [0.25, 0.3) is 0 Å². The van der Waals surface area contributed by atoms with Crippen LogP contribution in [0.3, 0.4) is 0 Å². The standard InChI is InChI=1S/C14H16N2O2/c1-17-10-12-15-13(18-16-12)14(8-5-9-14)11-6-3-2-4-7-11/h2-4,6-7H,5,8-10H2,1H3. The lowest BCUT2D eigenvalue weighted by Gasteiger charge is -2.38. The molecule has 1 aliphatic carbocycles. The zero-order valence-electron chi connectivity index (χ0n) is 10.4. The Balaban J connectivity index is 1.96. The number of ether oxygens (including phenoxy) is 1. The second-order valence-electron chi connectivity index (χ2n) is 4.75. The zero-order chi connectivity index (χ0) is 12.4. The van der Waals surface area contributed by atoms with Crippen molar-refractivity contribution >= 4 is 0 Å². The lowest BCUT2D eigenvalue weighted by molar-refractivity contribution is 0.173. The van der Waals surface area contributed by atoms with Gasteiger partial charge in [0, 0.05) is 7.11 Å². The smallest absolute Gasteiger partial charge is 0.237 e. The second-order valence-corrected chi connectivity index (χ2v) is 4.75. The largest absolute Gasteiger partial charge is 0.377 e.